The van der Waals surface area contributed by atoms with Gasteiger partial charge in [0.05, 0.1) is 6.04 Å². The number of hydrogen-bond donors (Lipinski definition) is 2. The second-order valence-corrected chi connectivity index (χ2v) is 8.82. The van der Waals surface area contributed by atoms with Gasteiger partial charge in [-0.25, -0.2) is 15.0 Å². The largest absolute Gasteiger partial charge is 0.382 e. The number of carbonyl (C=O) groups excluding carboxylic acids is 1. The second-order valence-electron chi connectivity index (χ2n) is 8.82. The summed E-state index contributed by atoms with van der Waals surface area (Å²) in [6.07, 6.45) is 9.56. The highest BCUT2D eigenvalue weighted by Gasteiger charge is 2.28. The summed E-state index contributed by atoms with van der Waals surface area (Å²) < 4.78 is 2.06. The Morgan fingerprint density at radius 1 is 1.18 bits per heavy atom. The lowest BCUT2D eigenvalue weighted by atomic mass is 10.1. The van der Waals surface area contributed by atoms with Crippen LogP contribution in [-0.4, -0.2) is 43.8 Å². The van der Waals surface area contributed by atoms with E-state index in [1.165, 1.54) is 0 Å². The van der Waals surface area contributed by atoms with Crippen molar-refractivity contribution >= 4 is 23.1 Å². The average Bonchev–Trinajstić information content (AvgIpc) is 3.43. The number of anilines is 2. The van der Waals surface area contributed by atoms with Crippen LogP contribution >= 0.6 is 0 Å². The molecule has 1 saturated heterocycles. The molecule has 1 aliphatic rings. The molecule has 0 radical (unpaired) electrons. The number of nitrogen functional groups attached to an aromatic ring is 1. The zero-order valence-electron chi connectivity index (χ0n) is 19.5. The van der Waals surface area contributed by atoms with Crippen LogP contribution in [0, 0.1) is 0 Å². The van der Waals surface area contributed by atoms with Crippen molar-refractivity contribution in [1.29, 1.82) is 0 Å². The van der Waals surface area contributed by atoms with Crippen LogP contribution in [0.3, 0.4) is 0 Å². The molecule has 1 aromatic carbocycles. The van der Waals surface area contributed by atoms with Gasteiger partial charge in [0.25, 0.3) is 5.91 Å². The number of amides is 1. The Bertz CT molecular complexity index is 1330. The van der Waals surface area contributed by atoms with Crippen LogP contribution in [0.15, 0.2) is 55.0 Å². The first kappa shape index (κ1) is 22.0. The third-order valence-electron chi connectivity index (χ3n) is 6.45. The highest BCUT2D eigenvalue weighted by molar-refractivity contribution is 6.04. The lowest BCUT2D eigenvalue weighted by Crippen LogP contribution is -2.19. The zero-order chi connectivity index (χ0) is 23.7. The van der Waals surface area contributed by atoms with E-state index >= 15 is 0 Å². The van der Waals surface area contributed by atoms with Gasteiger partial charge in [0.15, 0.2) is 0 Å². The average molecular weight is 456 g/mol. The molecule has 3 N–H and O–H groups in total. The Labute approximate surface area is 198 Å². The number of aromatic nitrogens is 4. The normalized spacial score (nSPS) is 16.2. The molecule has 1 amide bonds. The molecule has 5 rings (SSSR count). The number of pyridine rings is 1. The van der Waals surface area contributed by atoms with Gasteiger partial charge in [0.1, 0.15) is 28.7 Å². The van der Waals surface area contributed by atoms with Gasteiger partial charge in [-0.2, -0.15) is 0 Å². The van der Waals surface area contributed by atoms with Gasteiger partial charge in [-0.05, 0) is 62.7 Å². The molecule has 8 nitrogen and oxygen atoms in total. The van der Waals surface area contributed by atoms with Crippen molar-refractivity contribution in [3.8, 4) is 11.3 Å². The fourth-order valence-corrected chi connectivity index (χ4v) is 4.71. The lowest BCUT2D eigenvalue weighted by Gasteiger charge is -2.18. The van der Waals surface area contributed by atoms with Gasteiger partial charge in [-0.15, -0.1) is 0 Å². The number of fused-ring (bicyclic) bond motifs is 1. The summed E-state index contributed by atoms with van der Waals surface area (Å²) in [5, 5.41) is 2.90. The summed E-state index contributed by atoms with van der Waals surface area (Å²) in [4.78, 5) is 28.7. The number of hydrogen-bond acceptors (Lipinski definition) is 6. The molecule has 4 aromatic rings. The third kappa shape index (κ3) is 4.12. The zero-order valence-corrected chi connectivity index (χ0v) is 19.5. The van der Waals surface area contributed by atoms with E-state index in [1.807, 2.05) is 30.5 Å². The SMILES string of the molecule is CCCc1ccnc(NC(=O)c2ccc(-c3nc(C4CCCN4C)n4ccnc(N)c34)cc2)c1. The molecule has 1 atom stereocenters. The predicted octanol–water partition coefficient (Wildman–Crippen LogP) is 4.35. The van der Waals surface area contributed by atoms with Crippen LogP contribution in [0.1, 0.15) is 54.0 Å². The van der Waals surface area contributed by atoms with E-state index < -0.39 is 0 Å². The van der Waals surface area contributed by atoms with Crippen molar-refractivity contribution < 1.29 is 4.79 Å². The number of likely N-dealkylation sites (tertiary alicyclic amines) is 1. The van der Waals surface area contributed by atoms with Crippen LogP contribution in [0.25, 0.3) is 16.8 Å². The van der Waals surface area contributed by atoms with E-state index in [0.29, 0.717) is 17.2 Å². The standard InChI is InChI=1S/C26H29N7O/c1-3-5-17-11-12-28-21(16-17)30-26(34)19-9-7-18(8-10-19)22-23-24(27)29-13-15-33(23)25(31-22)20-6-4-14-32(20)2/h7-13,15-16,20H,3-6,14H2,1-2H3,(H2,27,29)(H,28,30,34). The van der Waals surface area contributed by atoms with E-state index in [9.17, 15) is 4.79 Å². The Kier molecular flexibility index (Phi) is 5.98. The smallest absolute Gasteiger partial charge is 0.256 e. The van der Waals surface area contributed by atoms with Crippen molar-refractivity contribution in [3.05, 3.63) is 71.9 Å². The maximum absolute atomic E-state index is 12.8. The summed E-state index contributed by atoms with van der Waals surface area (Å²) in [6.45, 7) is 3.18. The minimum Gasteiger partial charge on any atom is -0.382 e. The van der Waals surface area contributed by atoms with Gasteiger partial charge in [0, 0.05) is 29.7 Å². The van der Waals surface area contributed by atoms with Crippen molar-refractivity contribution in [1.82, 2.24) is 24.3 Å². The molecule has 0 aliphatic carbocycles. The first-order chi connectivity index (χ1) is 16.5. The number of rotatable bonds is 6. The molecule has 1 aliphatic heterocycles. The summed E-state index contributed by atoms with van der Waals surface area (Å²) in [7, 11) is 2.13. The van der Waals surface area contributed by atoms with E-state index in [0.717, 1.165) is 60.4 Å². The fourth-order valence-electron chi connectivity index (χ4n) is 4.71. The summed E-state index contributed by atoms with van der Waals surface area (Å²) in [5.74, 6) is 1.77. The number of benzene rings is 1. The van der Waals surface area contributed by atoms with Crippen LogP contribution in [0.4, 0.5) is 11.6 Å². The number of nitrogens with zero attached hydrogens (tertiary/aromatic N) is 5. The maximum Gasteiger partial charge on any atom is 0.256 e. The molecule has 34 heavy (non-hydrogen) atoms. The van der Waals surface area contributed by atoms with Crippen molar-refractivity contribution in [2.75, 3.05) is 24.6 Å². The van der Waals surface area contributed by atoms with Gasteiger partial charge in [-0.3, -0.25) is 14.1 Å². The topological polar surface area (TPSA) is 101 Å². The van der Waals surface area contributed by atoms with Crippen molar-refractivity contribution in [3.63, 3.8) is 0 Å². The minimum atomic E-state index is -0.197. The van der Waals surface area contributed by atoms with Crippen LogP contribution < -0.4 is 11.1 Å². The van der Waals surface area contributed by atoms with Gasteiger partial charge >= 0.3 is 0 Å². The molecular weight excluding hydrogens is 426 g/mol. The molecule has 1 fully saturated rings. The van der Waals surface area contributed by atoms with E-state index in [4.69, 9.17) is 10.7 Å². The summed E-state index contributed by atoms with van der Waals surface area (Å²) >= 11 is 0. The number of aryl methyl sites for hydroxylation is 1. The fraction of sp³-hybridized carbons (Fsp3) is 0.308. The van der Waals surface area contributed by atoms with Crippen molar-refractivity contribution in [2.45, 2.75) is 38.6 Å². The third-order valence-corrected chi connectivity index (χ3v) is 6.45. The number of imidazole rings is 1. The Morgan fingerprint density at radius 2 is 2.00 bits per heavy atom. The molecular formula is C26H29N7O. The summed E-state index contributed by atoms with van der Waals surface area (Å²) in [6, 6.07) is 11.6. The maximum atomic E-state index is 12.8. The number of nitrogens with one attached hydrogen (secondary N) is 1. The van der Waals surface area contributed by atoms with Gasteiger partial charge in [0.2, 0.25) is 0 Å². The van der Waals surface area contributed by atoms with Crippen LogP contribution in [0.5, 0.6) is 0 Å². The van der Waals surface area contributed by atoms with E-state index in [-0.39, 0.29) is 11.9 Å². The predicted molar refractivity (Wildman–Crippen MR) is 134 cm³/mol. The van der Waals surface area contributed by atoms with E-state index in [2.05, 4.69) is 38.6 Å². The molecule has 8 heteroatoms. The van der Waals surface area contributed by atoms with Gasteiger partial charge < -0.3 is 11.1 Å². The van der Waals surface area contributed by atoms with Crippen molar-refractivity contribution in [2.24, 2.45) is 0 Å². The molecule has 174 valence electrons. The quantitative estimate of drug-likeness (QED) is 0.448. The Morgan fingerprint density at radius 3 is 2.74 bits per heavy atom. The first-order valence-electron chi connectivity index (χ1n) is 11.7. The lowest BCUT2D eigenvalue weighted by molar-refractivity contribution is 0.102. The van der Waals surface area contributed by atoms with E-state index in [1.54, 1.807) is 24.5 Å². The highest BCUT2D eigenvalue weighted by Crippen LogP contribution is 2.35. The molecule has 1 unspecified atom stereocenters. The first-order valence-corrected chi connectivity index (χ1v) is 11.7. The summed E-state index contributed by atoms with van der Waals surface area (Å²) in [5.41, 5.74) is 10.5. The molecule has 4 heterocycles. The molecule has 0 bridgehead atoms. The highest BCUT2D eigenvalue weighted by atomic mass is 16.1. The van der Waals surface area contributed by atoms with Crippen LogP contribution in [0.2, 0.25) is 0 Å². The molecule has 3 aromatic heterocycles. The molecule has 0 spiro atoms. The van der Waals surface area contributed by atoms with Crippen LogP contribution in [-0.2, 0) is 6.42 Å². The molecule has 0 saturated carbocycles. The number of nitrogens with two attached hydrogens (primary N) is 1. The van der Waals surface area contributed by atoms with Gasteiger partial charge in [-0.1, -0.05) is 25.5 Å². The Hall–Kier alpha value is -3.78. The Balaban J connectivity index is 1.44. The number of carbonyl (C=O) groups is 1. The second kappa shape index (κ2) is 9.23. The minimum absolute atomic E-state index is 0.197. The monoisotopic (exact) mass is 455 g/mol.